The Morgan fingerprint density at radius 2 is 2.12 bits per heavy atom. The summed E-state index contributed by atoms with van der Waals surface area (Å²) in [7, 11) is 0. The summed E-state index contributed by atoms with van der Waals surface area (Å²) in [5, 5.41) is 3.48. The Morgan fingerprint density at radius 1 is 1.38 bits per heavy atom. The zero-order valence-electron chi connectivity index (χ0n) is 10.2. The molecule has 0 saturated carbocycles. The van der Waals surface area contributed by atoms with Crippen molar-refractivity contribution in [3.05, 3.63) is 35.6 Å². The fourth-order valence-electron chi connectivity index (χ4n) is 1.68. The van der Waals surface area contributed by atoms with E-state index in [1.807, 2.05) is 17.8 Å². The summed E-state index contributed by atoms with van der Waals surface area (Å²) in [5.74, 6) is 0.993. The molecule has 0 aliphatic carbocycles. The Hall–Kier alpha value is -0.540. The molecule has 1 aromatic carbocycles. The van der Waals surface area contributed by atoms with Crippen LogP contribution >= 0.6 is 11.8 Å². The predicted molar refractivity (Wildman–Crippen MR) is 70.4 cm³/mol. The molecule has 0 heterocycles. The molecular formula is C13H20FNS. The van der Waals surface area contributed by atoms with Gasteiger partial charge in [0.15, 0.2) is 0 Å². The van der Waals surface area contributed by atoms with E-state index in [1.54, 1.807) is 12.1 Å². The topological polar surface area (TPSA) is 12.0 Å². The van der Waals surface area contributed by atoms with Gasteiger partial charge in [-0.2, -0.15) is 11.8 Å². The maximum atomic E-state index is 13.0. The van der Waals surface area contributed by atoms with E-state index in [4.69, 9.17) is 0 Å². The van der Waals surface area contributed by atoms with Crippen molar-refractivity contribution in [2.75, 3.05) is 12.0 Å². The van der Waals surface area contributed by atoms with E-state index in [0.717, 1.165) is 17.7 Å². The van der Waals surface area contributed by atoms with Crippen LogP contribution in [-0.4, -0.2) is 18.1 Å². The van der Waals surface area contributed by atoms with Crippen LogP contribution in [0, 0.1) is 5.82 Å². The summed E-state index contributed by atoms with van der Waals surface area (Å²) in [4.78, 5) is 0. The van der Waals surface area contributed by atoms with Crippen LogP contribution in [0.2, 0.25) is 0 Å². The molecule has 1 rings (SSSR count). The Kier molecular flexibility index (Phi) is 5.85. The molecule has 0 amide bonds. The van der Waals surface area contributed by atoms with Gasteiger partial charge in [0, 0.05) is 12.1 Å². The fourth-order valence-corrected chi connectivity index (χ4v) is 2.27. The van der Waals surface area contributed by atoms with Gasteiger partial charge in [-0.25, -0.2) is 4.39 Å². The van der Waals surface area contributed by atoms with E-state index in [9.17, 15) is 4.39 Å². The third-order valence-corrected chi connectivity index (χ3v) is 3.28. The van der Waals surface area contributed by atoms with Gasteiger partial charge < -0.3 is 5.32 Å². The quantitative estimate of drug-likeness (QED) is 0.816. The zero-order chi connectivity index (χ0) is 12.0. The first-order chi connectivity index (χ1) is 7.63. The minimum atomic E-state index is -0.164. The van der Waals surface area contributed by atoms with Gasteiger partial charge in [0.1, 0.15) is 5.82 Å². The lowest BCUT2D eigenvalue weighted by Gasteiger charge is -2.20. The largest absolute Gasteiger partial charge is 0.308 e. The summed E-state index contributed by atoms with van der Waals surface area (Å²) in [6.45, 7) is 4.25. The molecule has 90 valence electrons. The molecule has 0 fully saturated rings. The van der Waals surface area contributed by atoms with Gasteiger partial charge in [0.2, 0.25) is 0 Å². The van der Waals surface area contributed by atoms with Crippen LogP contribution in [0.1, 0.15) is 31.9 Å². The Balaban J connectivity index is 2.48. The van der Waals surface area contributed by atoms with Gasteiger partial charge >= 0.3 is 0 Å². The molecule has 1 nitrogen and oxygen atoms in total. The number of hydrogen-bond acceptors (Lipinski definition) is 2. The first-order valence-electron chi connectivity index (χ1n) is 5.64. The van der Waals surface area contributed by atoms with Crippen molar-refractivity contribution in [1.82, 2.24) is 5.32 Å². The highest BCUT2D eigenvalue weighted by Crippen LogP contribution is 2.15. The number of nitrogens with one attached hydrogen (secondary N) is 1. The number of hydrogen-bond donors (Lipinski definition) is 1. The van der Waals surface area contributed by atoms with Gasteiger partial charge in [-0.3, -0.25) is 0 Å². The lowest BCUT2D eigenvalue weighted by molar-refractivity contribution is 0.470. The molecule has 0 spiro atoms. The first kappa shape index (κ1) is 13.5. The maximum absolute atomic E-state index is 13.0. The van der Waals surface area contributed by atoms with Crippen molar-refractivity contribution >= 4 is 11.8 Å². The van der Waals surface area contributed by atoms with E-state index in [2.05, 4.69) is 25.4 Å². The summed E-state index contributed by atoms with van der Waals surface area (Å²) in [6, 6.07) is 7.46. The molecule has 2 atom stereocenters. The maximum Gasteiger partial charge on any atom is 0.123 e. The van der Waals surface area contributed by atoms with Crippen LogP contribution in [0.3, 0.4) is 0 Å². The van der Waals surface area contributed by atoms with E-state index in [-0.39, 0.29) is 11.9 Å². The van der Waals surface area contributed by atoms with Crippen molar-refractivity contribution in [3.8, 4) is 0 Å². The van der Waals surface area contributed by atoms with Gasteiger partial charge in [0.05, 0.1) is 0 Å². The Bertz CT molecular complexity index is 317. The molecule has 2 unspecified atom stereocenters. The minimum absolute atomic E-state index is 0.164. The second-order valence-electron chi connectivity index (χ2n) is 4.13. The third kappa shape index (κ3) is 4.54. The average molecular weight is 241 g/mol. The van der Waals surface area contributed by atoms with Gasteiger partial charge in [-0.05, 0) is 50.0 Å². The fraction of sp³-hybridized carbons (Fsp3) is 0.538. The van der Waals surface area contributed by atoms with Crippen LogP contribution in [-0.2, 0) is 0 Å². The second-order valence-corrected chi connectivity index (χ2v) is 5.11. The monoisotopic (exact) mass is 241 g/mol. The lowest BCUT2D eigenvalue weighted by atomic mass is 10.1. The van der Waals surface area contributed by atoms with E-state index >= 15 is 0 Å². The third-order valence-electron chi connectivity index (χ3n) is 2.64. The van der Waals surface area contributed by atoms with Crippen LogP contribution in [0.15, 0.2) is 24.3 Å². The normalized spacial score (nSPS) is 14.8. The smallest absolute Gasteiger partial charge is 0.123 e. The second kappa shape index (κ2) is 6.92. The first-order valence-corrected chi connectivity index (χ1v) is 7.03. The van der Waals surface area contributed by atoms with E-state index < -0.39 is 0 Å². The van der Waals surface area contributed by atoms with Crippen molar-refractivity contribution in [2.24, 2.45) is 0 Å². The zero-order valence-corrected chi connectivity index (χ0v) is 11.0. The summed E-state index contributed by atoms with van der Waals surface area (Å²) in [5.41, 5.74) is 1.01. The Labute approximate surface area is 102 Å². The van der Waals surface area contributed by atoms with Gasteiger partial charge in [-0.15, -0.1) is 0 Å². The van der Waals surface area contributed by atoms with Crippen molar-refractivity contribution in [2.45, 2.75) is 32.4 Å². The van der Waals surface area contributed by atoms with Crippen molar-refractivity contribution in [1.29, 1.82) is 0 Å². The van der Waals surface area contributed by atoms with Crippen molar-refractivity contribution < 1.29 is 4.39 Å². The molecule has 0 aliphatic rings. The summed E-state index contributed by atoms with van der Waals surface area (Å²) < 4.78 is 13.0. The van der Waals surface area contributed by atoms with Crippen LogP contribution in [0.4, 0.5) is 4.39 Å². The molecule has 0 radical (unpaired) electrons. The molecule has 1 N–H and O–H groups in total. The highest BCUT2D eigenvalue weighted by Gasteiger charge is 2.09. The highest BCUT2D eigenvalue weighted by atomic mass is 32.2. The lowest BCUT2D eigenvalue weighted by Crippen LogP contribution is -2.29. The summed E-state index contributed by atoms with van der Waals surface area (Å²) >= 11 is 1.86. The number of halogens is 1. The van der Waals surface area contributed by atoms with Gasteiger partial charge in [-0.1, -0.05) is 12.1 Å². The SMILES string of the molecule is CSCCC(C)NC(C)c1cccc(F)c1. The molecule has 0 aliphatic heterocycles. The summed E-state index contributed by atoms with van der Waals surface area (Å²) in [6.07, 6.45) is 3.25. The number of thioether (sulfide) groups is 1. The van der Waals surface area contributed by atoms with E-state index in [0.29, 0.717) is 6.04 Å². The van der Waals surface area contributed by atoms with Crippen LogP contribution < -0.4 is 5.32 Å². The van der Waals surface area contributed by atoms with Crippen LogP contribution in [0.25, 0.3) is 0 Å². The predicted octanol–water partition coefficient (Wildman–Crippen LogP) is 3.62. The molecule has 0 bridgehead atoms. The molecule has 0 saturated heterocycles. The highest BCUT2D eigenvalue weighted by molar-refractivity contribution is 7.98. The molecule has 3 heteroatoms. The van der Waals surface area contributed by atoms with Gasteiger partial charge in [0.25, 0.3) is 0 Å². The van der Waals surface area contributed by atoms with Crippen LogP contribution in [0.5, 0.6) is 0 Å². The molecule has 16 heavy (non-hydrogen) atoms. The standard InChI is InChI=1S/C13H20FNS/c1-10(7-8-16-3)15-11(2)12-5-4-6-13(14)9-12/h4-6,9-11,15H,7-8H2,1-3H3. The van der Waals surface area contributed by atoms with Crippen molar-refractivity contribution in [3.63, 3.8) is 0 Å². The van der Waals surface area contributed by atoms with E-state index in [1.165, 1.54) is 6.07 Å². The molecule has 0 aromatic heterocycles. The number of rotatable bonds is 6. The average Bonchev–Trinajstić information content (AvgIpc) is 2.26. The Morgan fingerprint density at radius 3 is 2.75 bits per heavy atom. The molecular weight excluding hydrogens is 221 g/mol. The minimum Gasteiger partial charge on any atom is -0.308 e. The molecule has 1 aromatic rings. The number of benzene rings is 1.